The molecule has 0 spiro atoms. The Morgan fingerprint density at radius 2 is 1.86 bits per heavy atom. The van der Waals surface area contributed by atoms with E-state index >= 15 is 0 Å². The van der Waals surface area contributed by atoms with Gasteiger partial charge in [0, 0.05) is 10.6 Å². The van der Waals surface area contributed by atoms with Crippen molar-refractivity contribution in [1.82, 2.24) is 0 Å². The van der Waals surface area contributed by atoms with Crippen molar-refractivity contribution in [2.45, 2.75) is 18.2 Å². The van der Waals surface area contributed by atoms with Crippen molar-refractivity contribution in [2.75, 3.05) is 11.9 Å². The summed E-state index contributed by atoms with van der Waals surface area (Å²) < 4.78 is 44.9. The van der Waals surface area contributed by atoms with Crippen LogP contribution in [-0.2, 0) is 9.53 Å². The second-order valence-corrected chi connectivity index (χ2v) is 6.22. The fourth-order valence-electron chi connectivity index (χ4n) is 2.09. The normalized spacial score (nSPS) is 10.7. The number of nitrogens with one attached hydrogen (secondary N) is 1. The predicted octanol–water partition coefficient (Wildman–Crippen LogP) is 4.26. The highest BCUT2D eigenvalue weighted by Crippen LogP contribution is 2.24. The molecule has 0 atom stereocenters. The number of carbonyl (C=O) groups excluding carboxylic acids is 2. The molecule has 1 N–H and O–H groups in total. The number of halogens is 3. The number of rotatable bonds is 6. The zero-order chi connectivity index (χ0) is 20.7. The molecular formula is C18H13F3N2O4S. The molecule has 0 fully saturated rings. The molecule has 0 aliphatic heterocycles. The number of carbonyl (C=O) groups is 2. The number of hydrogen-bond donors (Lipinski definition) is 1. The maximum Gasteiger partial charge on any atom is 0.573 e. The molecule has 0 aliphatic carbocycles. The van der Waals surface area contributed by atoms with Crippen LogP contribution in [0, 0.1) is 17.6 Å². The van der Waals surface area contributed by atoms with Gasteiger partial charge in [0.2, 0.25) is 0 Å². The first kappa shape index (κ1) is 21.1. The number of alkyl halides is 3. The van der Waals surface area contributed by atoms with Gasteiger partial charge in [-0.25, -0.2) is 4.79 Å². The quantitative estimate of drug-likeness (QED) is 0.435. The molecule has 0 unspecified atom stereocenters. The van der Waals surface area contributed by atoms with Crippen LogP contribution in [0.1, 0.15) is 15.9 Å². The van der Waals surface area contributed by atoms with Gasteiger partial charge in [-0.05, 0) is 66.7 Å². The van der Waals surface area contributed by atoms with Gasteiger partial charge in [0.05, 0.1) is 5.56 Å². The van der Waals surface area contributed by atoms with Crippen LogP contribution in [0.5, 0.6) is 5.75 Å². The summed E-state index contributed by atoms with van der Waals surface area (Å²) in [5, 5.41) is 13.2. The van der Waals surface area contributed by atoms with E-state index in [4.69, 9.17) is 10.00 Å². The Morgan fingerprint density at radius 3 is 2.43 bits per heavy atom. The first-order valence-corrected chi connectivity index (χ1v) is 8.49. The highest BCUT2D eigenvalue weighted by atomic mass is 32.2. The van der Waals surface area contributed by atoms with Gasteiger partial charge in [0.1, 0.15) is 11.2 Å². The lowest BCUT2D eigenvalue weighted by molar-refractivity contribution is -0.274. The smallest absolute Gasteiger partial charge is 0.452 e. The van der Waals surface area contributed by atoms with Crippen LogP contribution in [-0.4, -0.2) is 24.8 Å². The number of hydrogen-bond acceptors (Lipinski definition) is 6. The molecule has 6 nitrogen and oxygen atoms in total. The summed E-state index contributed by atoms with van der Waals surface area (Å²) in [6, 6.07) is 9.12. The van der Waals surface area contributed by atoms with Crippen LogP contribution >= 0.6 is 11.8 Å². The maximum atomic E-state index is 12.1. The van der Waals surface area contributed by atoms with Crippen molar-refractivity contribution in [3.8, 4) is 11.2 Å². The number of nitriles is 1. The Kier molecular flexibility index (Phi) is 6.89. The van der Waals surface area contributed by atoms with Gasteiger partial charge in [-0.3, -0.25) is 4.79 Å². The summed E-state index contributed by atoms with van der Waals surface area (Å²) >= 11 is 0.985. The molecule has 146 valence electrons. The Balaban J connectivity index is 1.88. The molecule has 0 saturated carbocycles. The first-order chi connectivity index (χ1) is 13.2. The summed E-state index contributed by atoms with van der Waals surface area (Å²) in [6.07, 6.45) is -4.83. The van der Waals surface area contributed by atoms with E-state index < -0.39 is 30.6 Å². The number of amides is 1. The molecule has 2 aromatic carbocycles. The Morgan fingerprint density at radius 1 is 1.18 bits per heavy atom. The second kappa shape index (κ2) is 9.14. The average Bonchev–Trinajstić information content (AvgIpc) is 2.61. The van der Waals surface area contributed by atoms with Gasteiger partial charge in [0.15, 0.2) is 6.61 Å². The Labute approximate surface area is 162 Å². The lowest BCUT2D eigenvalue weighted by Gasteiger charge is -2.10. The molecule has 0 radical (unpaired) electrons. The molecule has 2 rings (SSSR count). The van der Waals surface area contributed by atoms with Crippen LogP contribution in [0.2, 0.25) is 0 Å². The first-order valence-electron chi connectivity index (χ1n) is 7.67. The third-order valence-electron chi connectivity index (χ3n) is 3.29. The van der Waals surface area contributed by atoms with Gasteiger partial charge in [-0.1, -0.05) is 0 Å². The Bertz CT molecular complexity index is 909. The van der Waals surface area contributed by atoms with E-state index in [9.17, 15) is 22.8 Å². The highest BCUT2D eigenvalue weighted by molar-refractivity contribution is 8.03. The molecule has 0 aliphatic rings. The fraction of sp³-hybridized carbons (Fsp3) is 0.167. The molecule has 0 aromatic heterocycles. The van der Waals surface area contributed by atoms with Gasteiger partial charge in [-0.2, -0.15) is 5.26 Å². The monoisotopic (exact) mass is 410 g/mol. The SMILES string of the molecule is Cc1cc(SC#N)ccc1NC(=O)COC(=O)c1ccc(OC(F)(F)F)cc1. The van der Waals surface area contributed by atoms with Gasteiger partial charge in [-0.15, -0.1) is 13.2 Å². The molecule has 0 heterocycles. The second-order valence-electron chi connectivity index (χ2n) is 5.37. The average molecular weight is 410 g/mol. The van der Waals surface area contributed by atoms with E-state index in [2.05, 4.69) is 10.1 Å². The van der Waals surface area contributed by atoms with Crippen molar-refractivity contribution >= 4 is 29.3 Å². The fourth-order valence-corrected chi connectivity index (χ4v) is 2.56. The number of ether oxygens (including phenoxy) is 2. The minimum Gasteiger partial charge on any atom is -0.452 e. The topological polar surface area (TPSA) is 88.4 Å². The van der Waals surface area contributed by atoms with Crippen LogP contribution in [0.3, 0.4) is 0 Å². The van der Waals surface area contributed by atoms with Crippen molar-refractivity contribution in [1.29, 1.82) is 5.26 Å². The number of esters is 1. The van der Waals surface area contributed by atoms with E-state index in [1.807, 2.05) is 5.40 Å². The molecule has 2 aromatic rings. The number of nitrogens with zero attached hydrogens (tertiary/aromatic N) is 1. The third kappa shape index (κ3) is 6.51. The summed E-state index contributed by atoms with van der Waals surface area (Å²) in [5.74, 6) is -1.93. The van der Waals surface area contributed by atoms with Gasteiger partial charge < -0.3 is 14.8 Å². The number of anilines is 1. The van der Waals surface area contributed by atoms with E-state index in [1.54, 1.807) is 25.1 Å². The molecule has 1 amide bonds. The van der Waals surface area contributed by atoms with E-state index in [1.165, 1.54) is 0 Å². The third-order valence-corrected chi connectivity index (χ3v) is 3.87. The molecule has 28 heavy (non-hydrogen) atoms. The minimum absolute atomic E-state index is 0.0311. The molecule has 0 bridgehead atoms. The van der Waals surface area contributed by atoms with Crippen molar-refractivity contribution in [2.24, 2.45) is 0 Å². The van der Waals surface area contributed by atoms with Crippen molar-refractivity contribution in [3.63, 3.8) is 0 Å². The predicted molar refractivity (Wildman–Crippen MR) is 94.7 cm³/mol. The Hall–Kier alpha value is -3.19. The highest BCUT2D eigenvalue weighted by Gasteiger charge is 2.31. The lowest BCUT2D eigenvalue weighted by Crippen LogP contribution is -2.21. The number of thioether (sulfide) groups is 1. The van der Waals surface area contributed by atoms with E-state index in [0.29, 0.717) is 5.69 Å². The largest absolute Gasteiger partial charge is 0.573 e. The lowest BCUT2D eigenvalue weighted by atomic mass is 10.2. The maximum absolute atomic E-state index is 12.1. The van der Waals surface area contributed by atoms with E-state index in [0.717, 1.165) is 46.5 Å². The van der Waals surface area contributed by atoms with Crippen LogP contribution < -0.4 is 10.1 Å². The van der Waals surface area contributed by atoms with Crippen molar-refractivity contribution in [3.05, 3.63) is 53.6 Å². The van der Waals surface area contributed by atoms with Crippen LogP contribution in [0.25, 0.3) is 0 Å². The van der Waals surface area contributed by atoms with E-state index in [-0.39, 0.29) is 5.56 Å². The minimum atomic E-state index is -4.83. The number of benzene rings is 2. The van der Waals surface area contributed by atoms with Crippen molar-refractivity contribution < 1.29 is 32.2 Å². The van der Waals surface area contributed by atoms with Gasteiger partial charge >= 0.3 is 12.3 Å². The summed E-state index contributed by atoms with van der Waals surface area (Å²) in [6.45, 7) is 1.17. The number of thiocyanates is 1. The van der Waals surface area contributed by atoms with Crippen LogP contribution in [0.15, 0.2) is 47.4 Å². The zero-order valence-corrected chi connectivity index (χ0v) is 15.2. The molecule has 10 heteroatoms. The standard InChI is InChI=1S/C18H13F3N2O4S/c1-11-8-14(28-10-22)6-7-15(11)23-16(24)9-26-17(25)12-2-4-13(5-3-12)27-18(19,20)21/h2-8H,9H2,1H3,(H,23,24). The number of aryl methyl sites for hydroxylation is 1. The van der Waals surface area contributed by atoms with Gasteiger partial charge in [0.25, 0.3) is 5.91 Å². The summed E-state index contributed by atoms with van der Waals surface area (Å²) in [7, 11) is 0. The summed E-state index contributed by atoms with van der Waals surface area (Å²) in [5.41, 5.74) is 1.19. The zero-order valence-electron chi connectivity index (χ0n) is 14.4. The van der Waals surface area contributed by atoms with Crippen LogP contribution in [0.4, 0.5) is 18.9 Å². The molecule has 0 saturated heterocycles. The molecular weight excluding hydrogens is 397 g/mol. The summed E-state index contributed by atoms with van der Waals surface area (Å²) in [4.78, 5) is 24.5.